The molecule has 0 radical (unpaired) electrons. The molecule has 102 valence electrons. The summed E-state index contributed by atoms with van der Waals surface area (Å²) in [5.41, 5.74) is 0.0149. The van der Waals surface area contributed by atoms with Gasteiger partial charge in [-0.3, -0.25) is 0 Å². The van der Waals surface area contributed by atoms with Gasteiger partial charge in [0, 0.05) is 12.6 Å². The predicted octanol–water partition coefficient (Wildman–Crippen LogP) is 3.75. The molecule has 0 heterocycles. The molecule has 17 heavy (non-hydrogen) atoms. The Hall–Kier alpha value is -0.0800. The van der Waals surface area contributed by atoms with Crippen molar-refractivity contribution >= 4 is 0 Å². The molecule has 1 aliphatic rings. The fourth-order valence-electron chi connectivity index (χ4n) is 2.67. The molecule has 2 heteroatoms. The van der Waals surface area contributed by atoms with E-state index in [1.165, 1.54) is 45.1 Å². The summed E-state index contributed by atoms with van der Waals surface area (Å²) in [6.45, 7) is 10.7. The van der Waals surface area contributed by atoms with E-state index in [4.69, 9.17) is 4.74 Å². The number of hydrogen-bond acceptors (Lipinski definition) is 2. The zero-order valence-corrected chi connectivity index (χ0v) is 12.2. The minimum Gasteiger partial charge on any atom is -0.376 e. The Morgan fingerprint density at radius 2 is 1.88 bits per heavy atom. The standard InChI is InChI=1S/C15H31NO/c1-5-11-16-14-9-7-6-8-13(14)10-12-17-15(2,3)4/h13-14,16H,5-12H2,1-4H3. The van der Waals surface area contributed by atoms with Gasteiger partial charge >= 0.3 is 0 Å². The predicted molar refractivity (Wildman–Crippen MR) is 74.4 cm³/mol. The summed E-state index contributed by atoms with van der Waals surface area (Å²) in [5.74, 6) is 0.831. The third-order valence-corrected chi connectivity index (χ3v) is 3.59. The molecule has 2 unspecified atom stereocenters. The first-order chi connectivity index (χ1) is 8.03. The van der Waals surface area contributed by atoms with E-state index in [1.54, 1.807) is 0 Å². The molecule has 0 aromatic rings. The molecular formula is C15H31NO. The van der Waals surface area contributed by atoms with Crippen molar-refractivity contribution in [1.29, 1.82) is 0 Å². The van der Waals surface area contributed by atoms with Gasteiger partial charge in [0.05, 0.1) is 5.60 Å². The number of rotatable bonds is 6. The summed E-state index contributed by atoms with van der Waals surface area (Å²) in [4.78, 5) is 0. The Bertz CT molecular complexity index is 198. The summed E-state index contributed by atoms with van der Waals surface area (Å²) in [6, 6.07) is 0.743. The van der Waals surface area contributed by atoms with Crippen LogP contribution in [-0.2, 0) is 4.74 Å². The van der Waals surface area contributed by atoms with Crippen LogP contribution in [0, 0.1) is 5.92 Å². The van der Waals surface area contributed by atoms with Crippen molar-refractivity contribution < 1.29 is 4.74 Å². The van der Waals surface area contributed by atoms with Gasteiger partial charge in [0.2, 0.25) is 0 Å². The van der Waals surface area contributed by atoms with Crippen LogP contribution >= 0.6 is 0 Å². The second-order valence-electron chi connectivity index (χ2n) is 6.35. The van der Waals surface area contributed by atoms with Crippen LogP contribution in [0.2, 0.25) is 0 Å². The van der Waals surface area contributed by atoms with E-state index >= 15 is 0 Å². The molecule has 1 rings (SSSR count). The van der Waals surface area contributed by atoms with Crippen LogP contribution in [0.1, 0.15) is 66.2 Å². The van der Waals surface area contributed by atoms with Gasteiger partial charge in [-0.15, -0.1) is 0 Å². The highest BCUT2D eigenvalue weighted by Crippen LogP contribution is 2.27. The summed E-state index contributed by atoms with van der Waals surface area (Å²) < 4.78 is 5.86. The lowest BCUT2D eigenvalue weighted by Gasteiger charge is -2.33. The van der Waals surface area contributed by atoms with Gasteiger partial charge < -0.3 is 10.1 Å². The fraction of sp³-hybridized carbons (Fsp3) is 1.00. The van der Waals surface area contributed by atoms with Gasteiger partial charge in [-0.05, 0) is 58.9 Å². The summed E-state index contributed by atoms with van der Waals surface area (Å²) in [6.07, 6.45) is 8.01. The van der Waals surface area contributed by atoms with Crippen molar-refractivity contribution in [2.45, 2.75) is 77.9 Å². The van der Waals surface area contributed by atoms with Gasteiger partial charge in [0.1, 0.15) is 0 Å². The lowest BCUT2D eigenvalue weighted by Crippen LogP contribution is -2.39. The highest BCUT2D eigenvalue weighted by Gasteiger charge is 2.24. The maximum Gasteiger partial charge on any atom is 0.0598 e. The lowest BCUT2D eigenvalue weighted by molar-refractivity contribution is -0.0129. The number of nitrogens with one attached hydrogen (secondary N) is 1. The van der Waals surface area contributed by atoms with Crippen molar-refractivity contribution in [3.63, 3.8) is 0 Å². The van der Waals surface area contributed by atoms with Crippen molar-refractivity contribution in [2.75, 3.05) is 13.2 Å². The molecule has 1 N–H and O–H groups in total. The summed E-state index contributed by atoms with van der Waals surface area (Å²) >= 11 is 0. The normalized spacial score (nSPS) is 26.1. The first kappa shape index (κ1) is 15.0. The van der Waals surface area contributed by atoms with Crippen molar-refractivity contribution in [3.05, 3.63) is 0 Å². The number of ether oxygens (including phenoxy) is 1. The first-order valence-corrected chi connectivity index (χ1v) is 7.40. The van der Waals surface area contributed by atoms with Crippen LogP contribution < -0.4 is 5.32 Å². The Balaban J connectivity index is 2.27. The Morgan fingerprint density at radius 1 is 1.18 bits per heavy atom. The van der Waals surface area contributed by atoms with Crippen LogP contribution in [0.25, 0.3) is 0 Å². The van der Waals surface area contributed by atoms with Crippen LogP contribution in [0.5, 0.6) is 0 Å². The van der Waals surface area contributed by atoms with Crippen LogP contribution in [0.15, 0.2) is 0 Å². The second kappa shape index (κ2) is 7.38. The molecule has 1 saturated carbocycles. The highest BCUT2D eigenvalue weighted by atomic mass is 16.5. The van der Waals surface area contributed by atoms with E-state index in [1.807, 2.05) is 0 Å². The molecule has 0 aliphatic heterocycles. The van der Waals surface area contributed by atoms with Crippen molar-refractivity contribution in [2.24, 2.45) is 5.92 Å². The highest BCUT2D eigenvalue weighted by molar-refractivity contribution is 4.81. The first-order valence-electron chi connectivity index (χ1n) is 7.40. The zero-order chi connectivity index (χ0) is 12.7. The maximum absolute atomic E-state index is 5.86. The van der Waals surface area contributed by atoms with E-state index in [0.29, 0.717) is 0 Å². The Labute approximate surface area is 108 Å². The van der Waals surface area contributed by atoms with Crippen molar-refractivity contribution in [1.82, 2.24) is 5.32 Å². The topological polar surface area (TPSA) is 21.3 Å². The minimum absolute atomic E-state index is 0.0149. The Kier molecular flexibility index (Phi) is 6.50. The molecule has 2 nitrogen and oxygen atoms in total. The van der Waals surface area contributed by atoms with Gasteiger partial charge in [0.25, 0.3) is 0 Å². The van der Waals surface area contributed by atoms with Crippen LogP contribution in [0.4, 0.5) is 0 Å². The van der Waals surface area contributed by atoms with E-state index < -0.39 is 0 Å². The zero-order valence-electron chi connectivity index (χ0n) is 12.2. The van der Waals surface area contributed by atoms with Gasteiger partial charge in [-0.25, -0.2) is 0 Å². The molecule has 0 saturated heterocycles. The van der Waals surface area contributed by atoms with E-state index in [9.17, 15) is 0 Å². The van der Waals surface area contributed by atoms with Gasteiger partial charge in [-0.1, -0.05) is 19.8 Å². The summed E-state index contributed by atoms with van der Waals surface area (Å²) in [7, 11) is 0. The van der Waals surface area contributed by atoms with Crippen LogP contribution in [0.3, 0.4) is 0 Å². The van der Waals surface area contributed by atoms with E-state index in [2.05, 4.69) is 33.0 Å². The van der Waals surface area contributed by atoms with Gasteiger partial charge in [-0.2, -0.15) is 0 Å². The average molecular weight is 241 g/mol. The molecule has 0 spiro atoms. The minimum atomic E-state index is 0.0149. The molecule has 0 aromatic carbocycles. The summed E-state index contributed by atoms with van der Waals surface area (Å²) in [5, 5.41) is 3.71. The lowest BCUT2D eigenvalue weighted by atomic mass is 9.82. The van der Waals surface area contributed by atoms with Crippen LogP contribution in [-0.4, -0.2) is 24.8 Å². The smallest absolute Gasteiger partial charge is 0.0598 e. The van der Waals surface area contributed by atoms with E-state index in [-0.39, 0.29) is 5.60 Å². The quantitative estimate of drug-likeness (QED) is 0.764. The average Bonchev–Trinajstić information content (AvgIpc) is 2.26. The largest absolute Gasteiger partial charge is 0.376 e. The molecule has 2 atom stereocenters. The molecule has 1 fully saturated rings. The second-order valence-corrected chi connectivity index (χ2v) is 6.35. The molecule has 0 bridgehead atoms. The molecule has 1 aliphatic carbocycles. The third kappa shape index (κ3) is 6.42. The van der Waals surface area contributed by atoms with Gasteiger partial charge in [0.15, 0.2) is 0 Å². The maximum atomic E-state index is 5.86. The molecule has 0 amide bonds. The fourth-order valence-corrected chi connectivity index (χ4v) is 2.67. The SMILES string of the molecule is CCCNC1CCCCC1CCOC(C)(C)C. The van der Waals surface area contributed by atoms with E-state index in [0.717, 1.165) is 18.6 Å². The monoisotopic (exact) mass is 241 g/mol. The molecular weight excluding hydrogens is 210 g/mol. The Morgan fingerprint density at radius 3 is 2.53 bits per heavy atom. The third-order valence-electron chi connectivity index (χ3n) is 3.59. The molecule has 0 aromatic heterocycles. The van der Waals surface area contributed by atoms with Crippen molar-refractivity contribution in [3.8, 4) is 0 Å². The number of hydrogen-bond donors (Lipinski definition) is 1.